The van der Waals surface area contributed by atoms with Crippen LogP contribution in [0.15, 0.2) is 53.5 Å². The van der Waals surface area contributed by atoms with Gasteiger partial charge >= 0.3 is 0 Å². The number of hydrogen-bond acceptors (Lipinski definition) is 3. The number of aryl methyl sites for hydroxylation is 1. The minimum Gasteiger partial charge on any atom is -0.335 e. The molecule has 0 saturated heterocycles. The molecule has 0 unspecified atom stereocenters. The lowest BCUT2D eigenvalue weighted by Crippen LogP contribution is -2.36. The fraction of sp³-hybridized carbons (Fsp3) is 0.286. The van der Waals surface area contributed by atoms with Crippen LogP contribution in [0.25, 0.3) is 11.7 Å². The second kappa shape index (κ2) is 8.49. The summed E-state index contributed by atoms with van der Waals surface area (Å²) in [5.41, 5.74) is 2.12. The first-order chi connectivity index (χ1) is 13.1. The first kappa shape index (κ1) is 18.6. The Morgan fingerprint density at radius 2 is 2.07 bits per heavy atom. The third-order valence-corrected chi connectivity index (χ3v) is 4.36. The van der Waals surface area contributed by atoms with Crippen LogP contribution in [0.2, 0.25) is 0 Å². The van der Waals surface area contributed by atoms with Crippen LogP contribution in [-0.2, 0) is 0 Å². The van der Waals surface area contributed by atoms with E-state index in [2.05, 4.69) is 17.0 Å². The van der Waals surface area contributed by atoms with Crippen molar-refractivity contribution in [1.82, 2.24) is 19.5 Å². The molecule has 27 heavy (non-hydrogen) atoms. The maximum absolute atomic E-state index is 13.0. The van der Waals surface area contributed by atoms with Crippen LogP contribution in [0.5, 0.6) is 0 Å². The van der Waals surface area contributed by atoms with Gasteiger partial charge in [0.15, 0.2) is 5.65 Å². The van der Waals surface area contributed by atoms with Gasteiger partial charge in [0.1, 0.15) is 5.56 Å². The van der Waals surface area contributed by atoms with Crippen molar-refractivity contribution in [3.63, 3.8) is 0 Å². The molecule has 2 heterocycles. The van der Waals surface area contributed by atoms with Crippen molar-refractivity contribution in [2.24, 2.45) is 0 Å². The van der Waals surface area contributed by atoms with E-state index in [4.69, 9.17) is 0 Å². The summed E-state index contributed by atoms with van der Waals surface area (Å²) in [6.07, 6.45) is 7.16. The van der Waals surface area contributed by atoms with E-state index in [0.717, 1.165) is 24.1 Å². The lowest BCUT2D eigenvalue weighted by atomic mass is 10.2. The smallest absolute Gasteiger partial charge is 0.285 e. The van der Waals surface area contributed by atoms with E-state index >= 15 is 0 Å². The van der Waals surface area contributed by atoms with E-state index in [-0.39, 0.29) is 17.0 Å². The molecule has 0 atom stereocenters. The molecule has 1 amide bonds. The lowest BCUT2D eigenvalue weighted by Gasteiger charge is -2.20. The number of unbranched alkanes of at least 4 members (excludes halogenated alkanes) is 1. The molecular weight excluding hydrogens is 340 g/mol. The first-order valence-electron chi connectivity index (χ1n) is 9.18. The van der Waals surface area contributed by atoms with Crippen LogP contribution < -0.4 is 5.56 Å². The van der Waals surface area contributed by atoms with Crippen LogP contribution in [0, 0.1) is 6.92 Å². The second-order valence-corrected chi connectivity index (χ2v) is 6.53. The Morgan fingerprint density at radius 1 is 1.30 bits per heavy atom. The van der Waals surface area contributed by atoms with Crippen LogP contribution in [0.1, 0.15) is 41.4 Å². The third-order valence-electron chi connectivity index (χ3n) is 4.36. The summed E-state index contributed by atoms with van der Waals surface area (Å²) >= 11 is 0. The van der Waals surface area contributed by atoms with Crippen molar-refractivity contribution in [3.05, 3.63) is 75.8 Å². The average Bonchev–Trinajstić information content (AvgIpc) is 3.06. The number of carbonyl (C=O) groups excluding carboxylic acids is 1. The van der Waals surface area contributed by atoms with E-state index in [9.17, 15) is 9.59 Å². The normalized spacial score (nSPS) is 11.3. The molecule has 0 aliphatic rings. The number of aromatic nitrogens is 3. The van der Waals surface area contributed by atoms with E-state index < -0.39 is 0 Å². The highest BCUT2D eigenvalue weighted by molar-refractivity contribution is 5.94. The summed E-state index contributed by atoms with van der Waals surface area (Å²) in [4.78, 5) is 31.6. The fourth-order valence-electron chi connectivity index (χ4n) is 2.90. The van der Waals surface area contributed by atoms with Gasteiger partial charge in [0.25, 0.3) is 11.5 Å². The summed E-state index contributed by atoms with van der Waals surface area (Å²) < 4.78 is 1.32. The predicted octanol–water partition coefficient (Wildman–Crippen LogP) is 3.29. The van der Waals surface area contributed by atoms with Gasteiger partial charge in [-0.25, -0.2) is 9.50 Å². The summed E-state index contributed by atoms with van der Waals surface area (Å²) in [6, 6.07) is 11.7. The van der Waals surface area contributed by atoms with E-state index in [1.165, 1.54) is 10.7 Å². The van der Waals surface area contributed by atoms with E-state index in [1.54, 1.807) is 11.0 Å². The number of aromatic amines is 1. The minimum atomic E-state index is -0.369. The molecular formula is C21H24N4O2. The largest absolute Gasteiger partial charge is 0.335 e. The first-order valence-corrected chi connectivity index (χ1v) is 9.18. The Bertz CT molecular complexity index is 1000. The van der Waals surface area contributed by atoms with Gasteiger partial charge in [-0.3, -0.25) is 14.7 Å². The number of hydrogen-bond donors (Lipinski definition) is 1. The molecule has 0 aliphatic carbocycles. The van der Waals surface area contributed by atoms with Gasteiger partial charge in [-0.05, 0) is 18.9 Å². The van der Waals surface area contributed by atoms with Gasteiger partial charge in [-0.1, -0.05) is 55.8 Å². The molecule has 2 aromatic heterocycles. The SMILES string of the molecule is CCCCN(C/C=C/c1ccccc1)C(=O)c1cnc2cc(C)[nH]n2c1=O. The molecule has 0 bridgehead atoms. The number of amides is 1. The standard InChI is InChI=1S/C21H24N4O2/c1-3-4-12-24(13-8-11-17-9-6-5-7-10-17)20(26)18-15-22-19-14-16(2)23-25(19)21(18)27/h5-11,14-15,23H,3-4,12-13H2,1-2H3/b11-8+. The maximum Gasteiger partial charge on any atom is 0.285 e. The Morgan fingerprint density at radius 3 is 2.81 bits per heavy atom. The summed E-state index contributed by atoms with van der Waals surface area (Å²) in [7, 11) is 0. The molecule has 6 heteroatoms. The summed E-state index contributed by atoms with van der Waals surface area (Å²) in [6.45, 7) is 4.96. The predicted molar refractivity (Wildman–Crippen MR) is 107 cm³/mol. The molecule has 0 fully saturated rings. The highest BCUT2D eigenvalue weighted by atomic mass is 16.2. The van der Waals surface area contributed by atoms with Crippen molar-refractivity contribution in [3.8, 4) is 0 Å². The quantitative estimate of drug-likeness (QED) is 0.699. The zero-order chi connectivity index (χ0) is 19.2. The van der Waals surface area contributed by atoms with E-state index in [1.807, 2.05) is 49.4 Å². The number of carbonyl (C=O) groups is 1. The van der Waals surface area contributed by atoms with Crippen LogP contribution >= 0.6 is 0 Å². The van der Waals surface area contributed by atoms with Crippen molar-refractivity contribution >= 4 is 17.6 Å². The summed E-state index contributed by atoms with van der Waals surface area (Å²) in [5.74, 6) is -0.291. The van der Waals surface area contributed by atoms with Crippen LogP contribution in [0.3, 0.4) is 0 Å². The molecule has 3 aromatic rings. The molecule has 1 aromatic carbocycles. The van der Waals surface area contributed by atoms with Crippen molar-refractivity contribution < 1.29 is 4.79 Å². The lowest BCUT2D eigenvalue weighted by molar-refractivity contribution is 0.0769. The van der Waals surface area contributed by atoms with Gasteiger partial charge < -0.3 is 4.90 Å². The van der Waals surface area contributed by atoms with Gasteiger partial charge in [-0.15, -0.1) is 0 Å². The number of nitrogens with zero attached hydrogens (tertiary/aromatic N) is 3. The Labute approximate surface area is 158 Å². The average molecular weight is 364 g/mol. The van der Waals surface area contributed by atoms with Crippen LogP contribution in [-0.4, -0.2) is 38.5 Å². The van der Waals surface area contributed by atoms with Crippen molar-refractivity contribution in [2.45, 2.75) is 26.7 Å². The molecule has 6 nitrogen and oxygen atoms in total. The van der Waals surface area contributed by atoms with Gasteiger partial charge in [0, 0.05) is 31.0 Å². The monoisotopic (exact) mass is 364 g/mol. The zero-order valence-corrected chi connectivity index (χ0v) is 15.7. The number of fused-ring (bicyclic) bond motifs is 1. The Hall–Kier alpha value is -3.15. The van der Waals surface area contributed by atoms with Crippen molar-refractivity contribution in [2.75, 3.05) is 13.1 Å². The molecule has 3 rings (SSSR count). The highest BCUT2D eigenvalue weighted by Crippen LogP contribution is 2.07. The zero-order valence-electron chi connectivity index (χ0n) is 15.7. The summed E-state index contributed by atoms with van der Waals surface area (Å²) in [5, 5.41) is 2.93. The maximum atomic E-state index is 13.0. The topological polar surface area (TPSA) is 70.5 Å². The molecule has 0 aliphatic heterocycles. The Balaban J connectivity index is 1.83. The fourth-order valence-corrected chi connectivity index (χ4v) is 2.90. The molecule has 1 N–H and O–H groups in total. The number of benzene rings is 1. The molecule has 0 radical (unpaired) electrons. The van der Waals surface area contributed by atoms with Crippen molar-refractivity contribution in [1.29, 1.82) is 0 Å². The van der Waals surface area contributed by atoms with Gasteiger partial charge in [0.2, 0.25) is 0 Å². The van der Waals surface area contributed by atoms with Gasteiger partial charge in [-0.2, -0.15) is 0 Å². The minimum absolute atomic E-state index is 0.0820. The highest BCUT2D eigenvalue weighted by Gasteiger charge is 2.19. The van der Waals surface area contributed by atoms with E-state index in [0.29, 0.717) is 18.7 Å². The second-order valence-electron chi connectivity index (χ2n) is 6.53. The molecule has 0 saturated carbocycles. The van der Waals surface area contributed by atoms with Crippen LogP contribution in [0.4, 0.5) is 0 Å². The third kappa shape index (κ3) is 4.34. The Kier molecular flexibility index (Phi) is 5.86. The molecule has 0 spiro atoms. The molecule has 140 valence electrons. The number of nitrogens with one attached hydrogen (secondary N) is 1. The van der Waals surface area contributed by atoms with Gasteiger partial charge in [0.05, 0.1) is 0 Å². The number of H-pyrrole nitrogens is 1. The number of rotatable bonds is 7.